The smallest absolute Gasteiger partial charge is 0.341 e. The van der Waals surface area contributed by atoms with Gasteiger partial charge in [-0.05, 0) is 19.9 Å². The fourth-order valence-corrected chi connectivity index (χ4v) is 4.49. The van der Waals surface area contributed by atoms with Crippen LogP contribution >= 0.6 is 11.6 Å². The summed E-state index contributed by atoms with van der Waals surface area (Å²) in [6.07, 6.45) is 2.75. The lowest BCUT2D eigenvalue weighted by atomic mass is 10.1. The predicted octanol–water partition coefficient (Wildman–Crippen LogP) is 1.83. The van der Waals surface area contributed by atoms with Gasteiger partial charge in [0.25, 0.3) is 0 Å². The van der Waals surface area contributed by atoms with Crippen LogP contribution in [0.1, 0.15) is 29.2 Å². The highest BCUT2D eigenvalue weighted by atomic mass is 35.5. The zero-order chi connectivity index (χ0) is 21.0. The van der Waals surface area contributed by atoms with E-state index in [1.54, 1.807) is 23.6 Å². The van der Waals surface area contributed by atoms with Gasteiger partial charge in [-0.3, -0.25) is 4.79 Å². The zero-order valence-corrected chi connectivity index (χ0v) is 16.8. The molecule has 1 aromatic carbocycles. The quantitative estimate of drug-likeness (QED) is 0.628. The Labute approximate surface area is 171 Å². The van der Waals surface area contributed by atoms with E-state index in [2.05, 4.69) is 5.32 Å². The Kier molecular flexibility index (Phi) is 4.92. The van der Waals surface area contributed by atoms with E-state index in [9.17, 15) is 14.7 Å². The second-order valence-electron chi connectivity index (χ2n) is 7.50. The molecule has 0 spiro atoms. The second kappa shape index (κ2) is 7.16. The maximum absolute atomic E-state index is 15.4. The van der Waals surface area contributed by atoms with Crippen LogP contribution in [0, 0.1) is 5.82 Å². The summed E-state index contributed by atoms with van der Waals surface area (Å²) in [4.78, 5) is 26.1. The van der Waals surface area contributed by atoms with Gasteiger partial charge in [-0.2, -0.15) is 0 Å². The number of likely N-dealkylation sites (N-methyl/N-ethyl adjacent to an activating group) is 1. The van der Waals surface area contributed by atoms with Gasteiger partial charge in [-0.15, -0.1) is 0 Å². The number of carboxylic acid groups (broad SMARTS) is 1. The molecule has 10 heteroatoms. The lowest BCUT2D eigenvalue weighted by Gasteiger charge is -2.24. The van der Waals surface area contributed by atoms with Gasteiger partial charge >= 0.3 is 5.97 Å². The van der Waals surface area contributed by atoms with Crippen molar-refractivity contribution in [2.45, 2.75) is 31.0 Å². The number of carboxylic acids is 1. The molecule has 4 N–H and O–H groups in total. The first-order valence-corrected chi connectivity index (χ1v) is 9.71. The van der Waals surface area contributed by atoms with Crippen LogP contribution in [0.4, 0.5) is 15.8 Å². The van der Waals surface area contributed by atoms with Gasteiger partial charge in [0, 0.05) is 32.4 Å². The summed E-state index contributed by atoms with van der Waals surface area (Å²) in [5.41, 5.74) is 4.75. The highest BCUT2D eigenvalue weighted by Gasteiger charge is 2.37. The Hall–Kier alpha value is -2.36. The molecule has 8 nitrogen and oxygen atoms in total. The summed E-state index contributed by atoms with van der Waals surface area (Å²) in [5, 5.41) is 12.4. The Morgan fingerprint density at radius 2 is 2.10 bits per heavy atom. The van der Waals surface area contributed by atoms with Crippen molar-refractivity contribution in [3.63, 3.8) is 0 Å². The van der Waals surface area contributed by atoms with Crippen LogP contribution in [0.5, 0.6) is 0 Å². The lowest BCUT2D eigenvalue weighted by molar-refractivity contribution is 0.0695. The van der Waals surface area contributed by atoms with E-state index in [0.717, 1.165) is 12.8 Å². The average Bonchev–Trinajstić information content (AvgIpc) is 3.45. The van der Waals surface area contributed by atoms with E-state index in [0.29, 0.717) is 13.1 Å². The number of pyridine rings is 1. The van der Waals surface area contributed by atoms with E-state index >= 15 is 4.39 Å². The fraction of sp³-hybridized carbons (Fsp3) is 0.474. The van der Waals surface area contributed by atoms with Gasteiger partial charge in [-0.25, -0.2) is 9.18 Å². The number of halogens is 2. The molecule has 1 saturated heterocycles. The highest BCUT2D eigenvalue weighted by Crippen LogP contribution is 2.45. The first-order chi connectivity index (χ1) is 13.8. The summed E-state index contributed by atoms with van der Waals surface area (Å²) in [6.45, 7) is 0.835. The Bertz CT molecular complexity index is 1060. The minimum atomic E-state index is -1.38. The molecule has 4 rings (SSSR count). The van der Waals surface area contributed by atoms with Gasteiger partial charge in [0.05, 0.1) is 39.4 Å². The minimum Gasteiger partial charge on any atom is -0.477 e. The third kappa shape index (κ3) is 3.04. The average molecular weight is 425 g/mol. The summed E-state index contributed by atoms with van der Waals surface area (Å²) < 4.78 is 22.5. The number of benzene rings is 1. The molecule has 1 aliphatic heterocycles. The Morgan fingerprint density at radius 3 is 2.62 bits per heavy atom. The molecule has 0 radical (unpaired) electrons. The molecular weight excluding hydrogens is 403 g/mol. The number of aromatic carboxylic acids is 1. The summed E-state index contributed by atoms with van der Waals surface area (Å²) in [7, 11) is 3.38. The van der Waals surface area contributed by atoms with Crippen LogP contribution in [-0.4, -0.2) is 55.0 Å². The first kappa shape index (κ1) is 19.9. The number of fused-ring (bicyclic) bond motifs is 1. The first-order valence-electron chi connectivity index (χ1n) is 9.33. The molecule has 2 fully saturated rings. The fourth-order valence-electron chi connectivity index (χ4n) is 4.10. The highest BCUT2D eigenvalue weighted by molar-refractivity contribution is 6.38. The number of nitrogens with zero attached hydrogens (tertiary/aromatic N) is 2. The number of nitrogens with one attached hydrogen (secondary N) is 1. The number of carbonyl (C=O) groups is 1. The number of nitrogens with two attached hydrogens (primary N) is 1. The third-order valence-corrected chi connectivity index (χ3v) is 6.15. The molecule has 2 atom stereocenters. The predicted molar refractivity (Wildman–Crippen MR) is 109 cm³/mol. The van der Waals surface area contributed by atoms with Crippen LogP contribution in [0.15, 0.2) is 11.0 Å². The topological polar surface area (TPSA) is 110 Å². The molecule has 1 saturated carbocycles. The maximum Gasteiger partial charge on any atom is 0.341 e. The molecule has 2 aromatic rings. The summed E-state index contributed by atoms with van der Waals surface area (Å²) in [5.74, 6) is -2.21. The molecule has 1 aromatic heterocycles. The lowest BCUT2D eigenvalue weighted by Crippen LogP contribution is -2.37. The van der Waals surface area contributed by atoms with Crippen molar-refractivity contribution in [2.75, 3.05) is 37.9 Å². The number of hydrogen-bond acceptors (Lipinski definition) is 6. The van der Waals surface area contributed by atoms with Crippen molar-refractivity contribution in [1.29, 1.82) is 0 Å². The van der Waals surface area contributed by atoms with Gasteiger partial charge < -0.3 is 30.4 Å². The molecule has 0 bridgehead atoms. The SMILES string of the molecule is CN[C@H]1CN(c2c(F)c(N)c3c(=O)c(C(=O)O)cn(C4CC4)c3c2Cl)C[C@H]1OC. The molecule has 1 aliphatic carbocycles. The molecule has 2 heterocycles. The Morgan fingerprint density at radius 1 is 1.41 bits per heavy atom. The van der Waals surface area contributed by atoms with Crippen LogP contribution in [0.2, 0.25) is 5.02 Å². The van der Waals surface area contributed by atoms with E-state index in [4.69, 9.17) is 22.1 Å². The van der Waals surface area contributed by atoms with Crippen molar-refractivity contribution >= 4 is 39.8 Å². The van der Waals surface area contributed by atoms with E-state index in [-0.39, 0.29) is 45.5 Å². The number of methoxy groups -OCH3 is 1. The van der Waals surface area contributed by atoms with Crippen LogP contribution < -0.4 is 21.4 Å². The number of anilines is 2. The largest absolute Gasteiger partial charge is 0.477 e. The van der Waals surface area contributed by atoms with Crippen LogP contribution in [0.25, 0.3) is 10.9 Å². The van der Waals surface area contributed by atoms with E-state index < -0.39 is 22.8 Å². The molecule has 2 aliphatic rings. The van der Waals surface area contributed by atoms with Gasteiger partial charge in [0.1, 0.15) is 5.56 Å². The molecule has 0 amide bonds. The monoisotopic (exact) mass is 424 g/mol. The van der Waals surface area contributed by atoms with E-state index in [1.807, 2.05) is 0 Å². The number of rotatable bonds is 5. The molecular formula is C19H22ClFN4O4. The minimum absolute atomic E-state index is 0.00164. The van der Waals surface area contributed by atoms with Crippen LogP contribution in [0.3, 0.4) is 0 Å². The second-order valence-corrected chi connectivity index (χ2v) is 7.88. The van der Waals surface area contributed by atoms with Gasteiger partial charge in [0.2, 0.25) is 5.43 Å². The van der Waals surface area contributed by atoms with Crippen LogP contribution in [-0.2, 0) is 4.74 Å². The maximum atomic E-state index is 15.4. The van der Waals surface area contributed by atoms with Crippen molar-refractivity contribution in [2.24, 2.45) is 0 Å². The Balaban J connectivity index is 2.00. The molecule has 0 unspecified atom stereocenters. The number of nitrogen functional groups attached to an aromatic ring is 1. The normalized spacial score (nSPS) is 21.9. The van der Waals surface area contributed by atoms with Gasteiger partial charge in [-0.1, -0.05) is 11.6 Å². The van der Waals surface area contributed by atoms with Gasteiger partial charge in [0.15, 0.2) is 5.82 Å². The summed E-state index contributed by atoms with van der Waals surface area (Å²) >= 11 is 6.66. The van der Waals surface area contributed by atoms with Crippen molar-refractivity contribution in [1.82, 2.24) is 9.88 Å². The summed E-state index contributed by atoms with van der Waals surface area (Å²) in [6, 6.07) is -0.0332. The van der Waals surface area contributed by atoms with Crippen molar-refractivity contribution < 1.29 is 19.0 Å². The number of ether oxygens (including phenoxy) is 1. The van der Waals surface area contributed by atoms with E-state index in [1.165, 1.54) is 6.20 Å². The standard InChI is InChI=1S/C19H22ClFN4O4/c1-23-10-6-24(7-11(10)29-2)17-13(20)16-12(15(22)14(17)21)18(26)9(19(27)28)5-25(16)8-3-4-8/h5,8,10-11,23H,3-4,6-7,22H2,1-2H3,(H,27,28)/t10-,11+/m0/s1. The van der Waals surface area contributed by atoms with Crippen molar-refractivity contribution in [3.8, 4) is 0 Å². The van der Waals surface area contributed by atoms with Crippen molar-refractivity contribution in [3.05, 3.63) is 32.8 Å². The third-order valence-electron chi connectivity index (χ3n) is 5.79. The molecule has 29 heavy (non-hydrogen) atoms. The number of hydrogen-bond donors (Lipinski definition) is 3. The molecule has 156 valence electrons. The zero-order valence-electron chi connectivity index (χ0n) is 16.0. The number of aromatic nitrogens is 1.